The Kier molecular flexibility index (Phi) is 8.87. The molecule has 1 aliphatic heterocycles. The first-order valence-electron chi connectivity index (χ1n) is 11.6. The van der Waals surface area contributed by atoms with Crippen molar-refractivity contribution >= 4 is 41.1 Å². The van der Waals surface area contributed by atoms with Gasteiger partial charge in [0.05, 0.1) is 29.3 Å². The van der Waals surface area contributed by atoms with Crippen LogP contribution < -0.4 is 21.1 Å². The molecule has 0 fully saturated rings. The number of para-hydroxylation sites is 1. The molecule has 0 saturated heterocycles. The third-order valence-electron chi connectivity index (χ3n) is 5.99. The number of carbonyl (C=O) groups is 2. The van der Waals surface area contributed by atoms with Crippen LogP contribution in [-0.4, -0.2) is 47.0 Å². The van der Waals surface area contributed by atoms with Gasteiger partial charge in [-0.25, -0.2) is 9.37 Å². The minimum absolute atomic E-state index is 0. The second-order valence-corrected chi connectivity index (χ2v) is 8.28. The van der Waals surface area contributed by atoms with Crippen LogP contribution in [0.25, 0.3) is 11.0 Å². The Morgan fingerprint density at radius 1 is 1.33 bits per heavy atom. The van der Waals surface area contributed by atoms with Crippen molar-refractivity contribution in [3.05, 3.63) is 58.9 Å². The lowest BCUT2D eigenvalue weighted by Gasteiger charge is -2.19. The molecule has 192 valence electrons. The molecule has 3 aromatic rings. The molecule has 1 aromatic heterocycles. The van der Waals surface area contributed by atoms with Gasteiger partial charge in [-0.05, 0) is 43.5 Å². The Hall–Kier alpha value is -3.66. The van der Waals surface area contributed by atoms with Gasteiger partial charge < -0.3 is 25.7 Å². The van der Waals surface area contributed by atoms with Crippen LogP contribution in [0.15, 0.2) is 41.4 Å². The molecule has 0 aliphatic carbocycles. The van der Waals surface area contributed by atoms with Gasteiger partial charge in [-0.15, -0.1) is 12.4 Å². The summed E-state index contributed by atoms with van der Waals surface area (Å²) < 4.78 is 20.3. The molecule has 9 nitrogen and oxygen atoms in total. The van der Waals surface area contributed by atoms with E-state index in [1.165, 1.54) is 0 Å². The second kappa shape index (κ2) is 11.9. The van der Waals surface area contributed by atoms with Crippen molar-refractivity contribution in [3.8, 4) is 5.75 Å². The number of aromatic nitrogens is 2. The number of amidine groups is 1. The lowest BCUT2D eigenvalue weighted by atomic mass is 10.0. The predicted molar refractivity (Wildman–Crippen MR) is 139 cm³/mol. The van der Waals surface area contributed by atoms with Crippen LogP contribution in [0, 0.1) is 0 Å². The summed E-state index contributed by atoms with van der Waals surface area (Å²) in [6, 6.07) is 10.4. The fraction of sp³-hybridized carbons (Fsp3) is 0.360. The van der Waals surface area contributed by atoms with E-state index in [0.717, 1.165) is 11.1 Å². The molecule has 0 saturated carbocycles. The van der Waals surface area contributed by atoms with E-state index in [1.807, 2.05) is 42.8 Å². The quantitative estimate of drug-likeness (QED) is 0.217. The molecule has 0 spiro atoms. The predicted octanol–water partition coefficient (Wildman–Crippen LogP) is 3.22. The van der Waals surface area contributed by atoms with Gasteiger partial charge in [-0.1, -0.05) is 18.2 Å². The van der Waals surface area contributed by atoms with E-state index in [4.69, 9.17) is 15.5 Å². The molecule has 1 aliphatic rings. The summed E-state index contributed by atoms with van der Waals surface area (Å²) in [5.74, 6) is 0.616. The largest absolute Gasteiger partial charge is 0.492 e. The third-order valence-corrected chi connectivity index (χ3v) is 5.99. The molecule has 4 N–H and O–H groups in total. The average molecular weight is 517 g/mol. The number of ether oxygens (including phenoxy) is 1. The Morgan fingerprint density at radius 2 is 2.11 bits per heavy atom. The van der Waals surface area contributed by atoms with E-state index in [1.54, 1.807) is 12.1 Å². The highest BCUT2D eigenvalue weighted by Crippen LogP contribution is 2.29. The Morgan fingerprint density at radius 3 is 2.86 bits per heavy atom. The van der Waals surface area contributed by atoms with Gasteiger partial charge in [0, 0.05) is 20.1 Å². The highest BCUT2D eigenvalue weighted by atomic mass is 35.5. The van der Waals surface area contributed by atoms with Crippen LogP contribution >= 0.6 is 12.4 Å². The van der Waals surface area contributed by atoms with Crippen molar-refractivity contribution in [2.24, 2.45) is 17.8 Å². The van der Waals surface area contributed by atoms with Crippen molar-refractivity contribution in [3.63, 3.8) is 0 Å². The molecule has 2 aromatic carbocycles. The molecule has 11 heteroatoms. The van der Waals surface area contributed by atoms with Gasteiger partial charge in [0.25, 0.3) is 11.8 Å². The first kappa shape index (κ1) is 26.9. The summed E-state index contributed by atoms with van der Waals surface area (Å²) in [6.07, 6.45) is 1.03. The lowest BCUT2D eigenvalue weighted by Crippen LogP contribution is -2.32. The van der Waals surface area contributed by atoms with Crippen molar-refractivity contribution in [2.45, 2.75) is 32.4 Å². The fourth-order valence-electron chi connectivity index (χ4n) is 4.32. The number of amides is 2. The van der Waals surface area contributed by atoms with Crippen LogP contribution in [0.2, 0.25) is 0 Å². The summed E-state index contributed by atoms with van der Waals surface area (Å²) >= 11 is 0. The smallest absolute Gasteiger partial charge is 0.252 e. The summed E-state index contributed by atoms with van der Waals surface area (Å²) in [5, 5.41) is 5.82. The van der Waals surface area contributed by atoms with Crippen LogP contribution in [0.4, 0.5) is 4.39 Å². The zero-order valence-corrected chi connectivity index (χ0v) is 21.0. The number of benzene rings is 2. The van der Waals surface area contributed by atoms with Crippen LogP contribution in [0.3, 0.4) is 0 Å². The van der Waals surface area contributed by atoms with Gasteiger partial charge in [0.2, 0.25) is 0 Å². The molecule has 1 atom stereocenters. The van der Waals surface area contributed by atoms with Gasteiger partial charge in [0.15, 0.2) is 0 Å². The lowest BCUT2D eigenvalue weighted by molar-refractivity contribution is 0.0912. The topological polar surface area (TPSA) is 124 Å². The van der Waals surface area contributed by atoms with E-state index < -0.39 is 12.7 Å². The molecule has 2 heterocycles. The van der Waals surface area contributed by atoms with Crippen molar-refractivity contribution < 1.29 is 18.7 Å². The van der Waals surface area contributed by atoms with Gasteiger partial charge in [-0.3, -0.25) is 14.6 Å². The average Bonchev–Trinajstić information content (AvgIpc) is 3.41. The maximum Gasteiger partial charge on any atom is 0.252 e. The standard InChI is InChI=1S/C25H29FN6O3.ClH/c1-3-35-19-11-5-10-18-22(19)31-23(32(18)2)17(9-6-12-28-20(27)13-26)30-24(33)16-8-4-7-15-14-29-25(34)21(15)16;/h4-5,7-8,10-11,17H,3,6,9,12-14H2,1-2H3,(H2,27,28)(H,29,34)(H,30,33);1H/t17-;/m0./s1. The van der Waals surface area contributed by atoms with E-state index in [2.05, 4.69) is 15.6 Å². The number of halogens is 2. The summed E-state index contributed by atoms with van der Waals surface area (Å²) in [7, 11) is 1.88. The normalized spacial score (nSPS) is 13.6. The second-order valence-electron chi connectivity index (χ2n) is 8.28. The highest BCUT2D eigenvalue weighted by molar-refractivity contribution is 6.09. The first-order chi connectivity index (χ1) is 16.9. The Labute approximate surface area is 214 Å². The van der Waals surface area contributed by atoms with E-state index >= 15 is 0 Å². The molecule has 0 unspecified atom stereocenters. The van der Waals surface area contributed by atoms with Gasteiger partial charge in [-0.2, -0.15) is 0 Å². The van der Waals surface area contributed by atoms with E-state index in [9.17, 15) is 14.0 Å². The summed E-state index contributed by atoms with van der Waals surface area (Å²) in [6.45, 7) is 2.33. The third kappa shape index (κ3) is 5.43. The minimum Gasteiger partial charge on any atom is -0.492 e. The van der Waals surface area contributed by atoms with E-state index in [-0.39, 0.29) is 30.1 Å². The minimum atomic E-state index is -0.799. The number of aryl methyl sites for hydroxylation is 1. The van der Waals surface area contributed by atoms with Crippen LogP contribution in [-0.2, 0) is 13.6 Å². The Bertz CT molecular complexity index is 1290. The van der Waals surface area contributed by atoms with Crippen LogP contribution in [0.1, 0.15) is 57.9 Å². The van der Waals surface area contributed by atoms with Crippen molar-refractivity contribution in [1.29, 1.82) is 0 Å². The van der Waals surface area contributed by atoms with E-state index in [0.29, 0.717) is 60.8 Å². The number of nitrogens with one attached hydrogen (secondary N) is 2. The molecule has 36 heavy (non-hydrogen) atoms. The summed E-state index contributed by atoms with van der Waals surface area (Å²) in [4.78, 5) is 34.5. The SMILES string of the molecule is CCOc1cccc2c1nc([C@H](CCCN=C(N)CF)NC(=O)c1cccc3c1C(=O)NC3)n2C.Cl. The number of imidazole rings is 1. The highest BCUT2D eigenvalue weighted by Gasteiger charge is 2.28. The maximum atomic E-state index is 13.4. The number of hydrogen-bond donors (Lipinski definition) is 3. The zero-order valence-electron chi connectivity index (χ0n) is 20.2. The number of nitrogens with zero attached hydrogens (tertiary/aromatic N) is 3. The number of rotatable bonds is 10. The molecular weight excluding hydrogens is 487 g/mol. The van der Waals surface area contributed by atoms with Crippen LogP contribution in [0.5, 0.6) is 5.75 Å². The fourth-order valence-corrected chi connectivity index (χ4v) is 4.32. The molecule has 2 amide bonds. The maximum absolute atomic E-state index is 13.4. The number of fused-ring (bicyclic) bond motifs is 2. The van der Waals surface area contributed by atoms with Crippen molar-refractivity contribution in [2.75, 3.05) is 19.8 Å². The number of alkyl halides is 1. The van der Waals surface area contributed by atoms with Gasteiger partial charge in [0.1, 0.15) is 29.6 Å². The number of aliphatic imine (C=N–C) groups is 1. The van der Waals surface area contributed by atoms with Crippen molar-refractivity contribution in [1.82, 2.24) is 20.2 Å². The first-order valence-corrected chi connectivity index (χ1v) is 11.6. The number of nitrogens with two attached hydrogens (primary N) is 1. The molecule has 0 radical (unpaired) electrons. The monoisotopic (exact) mass is 516 g/mol. The molecule has 4 rings (SSSR count). The molecule has 0 bridgehead atoms. The zero-order chi connectivity index (χ0) is 24.9. The summed E-state index contributed by atoms with van der Waals surface area (Å²) in [5.41, 5.74) is 8.55. The number of hydrogen-bond acceptors (Lipinski definition) is 5. The van der Waals surface area contributed by atoms with Gasteiger partial charge >= 0.3 is 0 Å². The molecular formula is C25H30ClFN6O3. The number of carbonyl (C=O) groups excluding carboxylic acids is 2. The Balaban J connectivity index is 0.00000361.